The van der Waals surface area contributed by atoms with Crippen molar-refractivity contribution in [3.8, 4) is 0 Å². The van der Waals surface area contributed by atoms with Crippen molar-refractivity contribution >= 4 is 46.3 Å². The monoisotopic (exact) mass is 362 g/mol. The first-order valence-electron chi connectivity index (χ1n) is 7.04. The van der Waals surface area contributed by atoms with Gasteiger partial charge in [-0.2, -0.15) is 0 Å². The summed E-state index contributed by atoms with van der Waals surface area (Å²) < 4.78 is 13.6. The van der Waals surface area contributed by atoms with Crippen LogP contribution in [0.15, 0.2) is 53.4 Å². The molecule has 2 aromatic rings. The molecular weight excluding hydrogens is 351 g/mol. The summed E-state index contributed by atoms with van der Waals surface area (Å²) >= 11 is 6.89. The Labute approximate surface area is 147 Å². The van der Waals surface area contributed by atoms with Gasteiger partial charge in [-0.3, -0.25) is 14.5 Å². The van der Waals surface area contributed by atoms with E-state index in [1.165, 1.54) is 12.1 Å². The van der Waals surface area contributed by atoms with Crippen LogP contribution in [0.4, 0.5) is 14.9 Å². The van der Waals surface area contributed by atoms with E-state index in [9.17, 15) is 14.0 Å². The van der Waals surface area contributed by atoms with Crippen LogP contribution < -0.4 is 5.32 Å². The molecule has 1 saturated heterocycles. The average Bonchev–Trinajstić information content (AvgIpc) is 2.83. The van der Waals surface area contributed by atoms with E-state index < -0.39 is 17.0 Å². The van der Waals surface area contributed by atoms with Crippen LogP contribution in [0.25, 0.3) is 6.08 Å². The minimum Gasteiger partial charge on any atom is -0.365 e. The van der Waals surface area contributed by atoms with Crippen molar-refractivity contribution in [3.63, 3.8) is 0 Å². The van der Waals surface area contributed by atoms with Crippen molar-refractivity contribution in [2.75, 3.05) is 12.0 Å². The minimum atomic E-state index is -0.448. The van der Waals surface area contributed by atoms with E-state index >= 15 is 0 Å². The third kappa shape index (κ3) is 3.44. The number of hydrogen-bond acceptors (Lipinski definition) is 4. The van der Waals surface area contributed by atoms with Crippen molar-refractivity contribution in [2.24, 2.45) is 0 Å². The highest BCUT2D eigenvalue weighted by Crippen LogP contribution is 2.33. The molecule has 1 aliphatic heterocycles. The zero-order chi connectivity index (χ0) is 17.1. The molecule has 1 aliphatic rings. The molecule has 0 spiro atoms. The molecule has 4 nitrogen and oxygen atoms in total. The Kier molecular flexibility index (Phi) is 4.87. The molecule has 0 bridgehead atoms. The first-order chi connectivity index (χ1) is 11.6. The van der Waals surface area contributed by atoms with Gasteiger partial charge < -0.3 is 5.32 Å². The minimum absolute atomic E-state index is 0.106. The molecule has 0 aromatic heterocycles. The fourth-order valence-corrected chi connectivity index (χ4v) is 3.16. The van der Waals surface area contributed by atoms with Crippen LogP contribution in [0, 0.1) is 5.82 Å². The van der Waals surface area contributed by atoms with Crippen LogP contribution in [-0.2, 0) is 4.79 Å². The molecule has 2 amide bonds. The second-order valence-corrected chi connectivity index (χ2v) is 6.35. The number of carbonyl (C=O) groups is 2. The number of nitrogens with zero attached hydrogens (tertiary/aromatic N) is 1. The second kappa shape index (κ2) is 7.07. The summed E-state index contributed by atoms with van der Waals surface area (Å²) in [4.78, 5) is 25.7. The molecule has 1 N–H and O–H groups in total. The fraction of sp³-hybridized carbons (Fsp3) is 0.0588. The van der Waals surface area contributed by atoms with Crippen LogP contribution in [0.3, 0.4) is 0 Å². The van der Waals surface area contributed by atoms with E-state index in [0.717, 1.165) is 16.7 Å². The third-order valence-electron chi connectivity index (χ3n) is 3.37. The maximum atomic E-state index is 13.6. The number of nitrogens with one attached hydrogen (secondary N) is 1. The van der Waals surface area contributed by atoms with E-state index in [2.05, 4.69) is 5.32 Å². The summed E-state index contributed by atoms with van der Waals surface area (Å²) in [5.41, 5.74) is 0.887. The highest BCUT2D eigenvalue weighted by Gasteiger charge is 2.35. The number of hydrogen-bond donors (Lipinski definition) is 1. The number of benzene rings is 2. The van der Waals surface area contributed by atoms with Gasteiger partial charge in [0.2, 0.25) is 0 Å². The zero-order valence-electron chi connectivity index (χ0n) is 12.3. The summed E-state index contributed by atoms with van der Waals surface area (Å²) in [6.07, 6.45) is 1.58. The van der Waals surface area contributed by atoms with Crippen LogP contribution in [0.2, 0.25) is 5.02 Å². The predicted octanol–water partition coefficient (Wildman–Crippen LogP) is 4.59. The lowest BCUT2D eigenvalue weighted by atomic mass is 10.2. The van der Waals surface area contributed by atoms with Gasteiger partial charge in [-0.1, -0.05) is 41.9 Å². The highest BCUT2D eigenvalue weighted by atomic mass is 35.5. The molecule has 7 heteroatoms. The first kappa shape index (κ1) is 16.5. The summed E-state index contributed by atoms with van der Waals surface area (Å²) in [6.45, 7) is -0.106. The van der Waals surface area contributed by atoms with Crippen molar-refractivity contribution in [3.05, 3.63) is 69.8 Å². The maximum absolute atomic E-state index is 13.6. The number of carbonyl (C=O) groups excluding carboxylic acids is 2. The number of imide groups is 1. The van der Waals surface area contributed by atoms with Crippen molar-refractivity contribution in [1.82, 2.24) is 4.90 Å². The van der Waals surface area contributed by atoms with Crippen LogP contribution in [-0.4, -0.2) is 22.7 Å². The standard InChI is InChI=1S/C17H12ClFN2O2S/c18-12-6-2-1-5-11(12)9-15-16(22)21(17(23)24-15)10-20-14-8-4-3-7-13(14)19/h1-9,20H,10H2. The largest absolute Gasteiger partial charge is 0.365 e. The molecule has 0 saturated carbocycles. The van der Waals surface area contributed by atoms with Gasteiger partial charge in [0.05, 0.1) is 17.3 Å². The highest BCUT2D eigenvalue weighted by molar-refractivity contribution is 8.18. The van der Waals surface area contributed by atoms with Gasteiger partial charge in [0.25, 0.3) is 11.1 Å². The van der Waals surface area contributed by atoms with E-state index in [1.807, 2.05) is 0 Å². The molecule has 0 atom stereocenters. The second-order valence-electron chi connectivity index (χ2n) is 4.95. The van der Waals surface area contributed by atoms with Gasteiger partial charge in [0.15, 0.2) is 0 Å². The predicted molar refractivity (Wildman–Crippen MR) is 94.2 cm³/mol. The first-order valence-corrected chi connectivity index (χ1v) is 8.24. The van der Waals surface area contributed by atoms with Gasteiger partial charge in [-0.05, 0) is 41.6 Å². The molecule has 24 heavy (non-hydrogen) atoms. The van der Waals surface area contributed by atoms with Crippen molar-refractivity contribution in [2.45, 2.75) is 0 Å². The van der Waals surface area contributed by atoms with E-state index in [4.69, 9.17) is 11.6 Å². The number of thioether (sulfide) groups is 1. The summed E-state index contributed by atoms with van der Waals surface area (Å²) in [5, 5.41) is 2.83. The Morgan fingerprint density at radius 2 is 1.83 bits per heavy atom. The number of rotatable bonds is 4. The maximum Gasteiger partial charge on any atom is 0.295 e. The lowest BCUT2D eigenvalue weighted by Crippen LogP contribution is -2.33. The average molecular weight is 363 g/mol. The summed E-state index contributed by atoms with van der Waals surface area (Å²) in [7, 11) is 0. The van der Waals surface area contributed by atoms with Gasteiger partial charge in [0, 0.05) is 5.02 Å². The van der Waals surface area contributed by atoms with E-state index in [1.54, 1.807) is 42.5 Å². The molecule has 3 rings (SSSR count). The summed E-state index contributed by atoms with van der Waals surface area (Å²) in [6, 6.07) is 13.1. The van der Waals surface area contributed by atoms with Crippen LogP contribution in [0.1, 0.15) is 5.56 Å². The van der Waals surface area contributed by atoms with Gasteiger partial charge >= 0.3 is 0 Å². The zero-order valence-corrected chi connectivity index (χ0v) is 13.9. The summed E-state index contributed by atoms with van der Waals surface area (Å²) in [5.74, 6) is -0.884. The number of halogens is 2. The Hall–Kier alpha value is -2.31. The van der Waals surface area contributed by atoms with Gasteiger partial charge in [0.1, 0.15) is 5.82 Å². The SMILES string of the molecule is O=C1SC(=Cc2ccccc2Cl)C(=O)N1CNc1ccccc1F. The Balaban J connectivity index is 1.75. The topological polar surface area (TPSA) is 49.4 Å². The van der Waals surface area contributed by atoms with Crippen molar-refractivity contribution in [1.29, 1.82) is 0 Å². The smallest absolute Gasteiger partial charge is 0.295 e. The third-order valence-corrected chi connectivity index (χ3v) is 4.62. The molecule has 1 fully saturated rings. The fourth-order valence-electron chi connectivity index (χ4n) is 2.14. The number of para-hydroxylation sites is 1. The Morgan fingerprint density at radius 1 is 1.12 bits per heavy atom. The molecular formula is C17H12ClFN2O2S. The van der Waals surface area contributed by atoms with Gasteiger partial charge in [-0.25, -0.2) is 4.39 Å². The van der Waals surface area contributed by atoms with E-state index in [0.29, 0.717) is 10.6 Å². The number of amides is 2. The molecule has 1 heterocycles. The Morgan fingerprint density at radius 3 is 2.58 bits per heavy atom. The van der Waals surface area contributed by atoms with Crippen LogP contribution >= 0.6 is 23.4 Å². The van der Waals surface area contributed by atoms with Gasteiger partial charge in [-0.15, -0.1) is 0 Å². The molecule has 0 unspecified atom stereocenters. The normalized spacial score (nSPS) is 16.1. The van der Waals surface area contributed by atoms with Crippen molar-refractivity contribution < 1.29 is 14.0 Å². The van der Waals surface area contributed by atoms with Crippen LogP contribution in [0.5, 0.6) is 0 Å². The lowest BCUT2D eigenvalue weighted by Gasteiger charge is -2.14. The Bertz CT molecular complexity index is 841. The quantitative estimate of drug-likeness (QED) is 0.808. The lowest BCUT2D eigenvalue weighted by molar-refractivity contribution is -0.122. The molecule has 122 valence electrons. The molecule has 0 aliphatic carbocycles. The molecule has 0 radical (unpaired) electrons. The molecule has 2 aromatic carbocycles. The van der Waals surface area contributed by atoms with E-state index in [-0.39, 0.29) is 17.3 Å². The number of anilines is 1.